The van der Waals surface area contributed by atoms with Gasteiger partial charge >= 0.3 is 0 Å². The predicted octanol–water partition coefficient (Wildman–Crippen LogP) is 10.3. The summed E-state index contributed by atoms with van der Waals surface area (Å²) in [5, 5.41) is 24.6. The molecule has 0 saturated carbocycles. The van der Waals surface area contributed by atoms with E-state index in [4.69, 9.17) is 23.5 Å². The molecule has 69 heavy (non-hydrogen) atoms. The predicted molar refractivity (Wildman–Crippen MR) is 270 cm³/mol. The maximum Gasteiger partial charge on any atom is 0.256 e. The van der Waals surface area contributed by atoms with Crippen molar-refractivity contribution in [1.82, 2.24) is 23.9 Å². The quantitative estimate of drug-likeness (QED) is 0.0378. The number of hydrogen-bond donors (Lipinski definition) is 2. The van der Waals surface area contributed by atoms with E-state index in [0.717, 1.165) is 22.3 Å². The average molecular weight is 956 g/mol. The third-order valence-electron chi connectivity index (χ3n) is 12.5. The molecule has 14 nitrogen and oxygen atoms in total. The minimum absolute atomic E-state index is 0.0550. The van der Waals surface area contributed by atoms with E-state index < -0.39 is 32.5 Å². The summed E-state index contributed by atoms with van der Waals surface area (Å²) in [7, 11) is 2.09. The number of nitrogens with zero attached hydrogens (tertiary/aromatic N) is 6. The van der Waals surface area contributed by atoms with Gasteiger partial charge in [-0.2, -0.15) is 5.26 Å². The monoisotopic (exact) mass is 955 g/mol. The molecule has 1 aliphatic rings. The molecule has 3 heterocycles. The molecule has 6 aromatic rings. The molecular weight excluding hydrogens is 890 g/mol. The topological polar surface area (TPSA) is 156 Å². The summed E-state index contributed by atoms with van der Waals surface area (Å²) in [6, 6.07) is 38.1. The van der Waals surface area contributed by atoms with Gasteiger partial charge in [0, 0.05) is 42.3 Å². The summed E-state index contributed by atoms with van der Waals surface area (Å²) in [4.78, 5) is 23.1. The van der Waals surface area contributed by atoms with Crippen LogP contribution < -0.4 is 14.8 Å². The Kier molecular flexibility index (Phi) is 17.2. The Bertz CT molecular complexity index is 2580. The Labute approximate surface area is 408 Å². The van der Waals surface area contributed by atoms with E-state index in [1.54, 1.807) is 20.3 Å². The van der Waals surface area contributed by atoms with E-state index in [9.17, 15) is 15.2 Å². The van der Waals surface area contributed by atoms with Crippen molar-refractivity contribution in [2.45, 2.75) is 116 Å². The minimum atomic E-state index is -1.18. The fourth-order valence-electron chi connectivity index (χ4n) is 9.37. The number of hydrogen-bond acceptors (Lipinski definition) is 12. The number of benzene rings is 4. The third-order valence-corrected chi connectivity index (χ3v) is 15.5. The number of carbonyl (C=O) groups excluding carboxylic acids is 1. The van der Waals surface area contributed by atoms with Crippen LogP contribution in [0.2, 0.25) is 0 Å². The van der Waals surface area contributed by atoms with Gasteiger partial charge in [-0.1, -0.05) is 66.7 Å². The number of ether oxygens (including phenoxy) is 4. The number of methoxy groups -OCH3 is 2. The first-order valence-corrected chi connectivity index (χ1v) is 24.9. The smallest absolute Gasteiger partial charge is 0.256 e. The Morgan fingerprint density at radius 3 is 2.07 bits per heavy atom. The van der Waals surface area contributed by atoms with Crippen molar-refractivity contribution < 1.29 is 33.4 Å². The Morgan fingerprint density at radius 1 is 0.855 bits per heavy atom. The maximum atomic E-state index is 14.0. The number of aliphatic hydroxyl groups is 1. The van der Waals surface area contributed by atoms with Gasteiger partial charge in [0.25, 0.3) is 5.91 Å². The van der Waals surface area contributed by atoms with E-state index >= 15 is 0 Å². The number of nitriles is 1. The van der Waals surface area contributed by atoms with Crippen molar-refractivity contribution in [2.75, 3.05) is 32.8 Å². The zero-order chi connectivity index (χ0) is 49.2. The van der Waals surface area contributed by atoms with Gasteiger partial charge in [-0.15, -0.1) is 0 Å². The van der Waals surface area contributed by atoms with Crippen LogP contribution in [0.25, 0.3) is 11.0 Å². The molecule has 5 atom stereocenters. The highest BCUT2D eigenvalue weighted by molar-refractivity contribution is 7.47. The van der Waals surface area contributed by atoms with Gasteiger partial charge in [0.15, 0.2) is 8.45 Å². The molecule has 364 valence electrons. The number of aromatic nitrogens is 3. The second-order valence-electron chi connectivity index (χ2n) is 18.2. The molecular formula is C54H66N7O7P. The number of carbonyl (C=O) groups is 1. The molecule has 2 N–H and O–H groups in total. The number of rotatable bonds is 22. The van der Waals surface area contributed by atoms with Gasteiger partial charge in [0.05, 0.1) is 51.4 Å². The molecule has 0 radical (unpaired) electrons. The Morgan fingerprint density at radius 2 is 1.48 bits per heavy atom. The maximum absolute atomic E-state index is 14.0. The van der Waals surface area contributed by atoms with Crippen LogP contribution in [0.1, 0.15) is 100 Å². The summed E-state index contributed by atoms with van der Waals surface area (Å²) in [6.07, 6.45) is 2.43. The van der Waals surface area contributed by atoms with E-state index in [1.807, 2.05) is 114 Å². The fraction of sp³-hybridized carbons (Fsp3) is 0.407. The van der Waals surface area contributed by atoms with Crippen molar-refractivity contribution in [3.63, 3.8) is 0 Å². The lowest BCUT2D eigenvalue weighted by Crippen LogP contribution is -2.44. The van der Waals surface area contributed by atoms with E-state index in [2.05, 4.69) is 79.2 Å². The second kappa shape index (κ2) is 23.2. The largest absolute Gasteiger partial charge is 0.497 e. The first kappa shape index (κ1) is 51.1. The van der Waals surface area contributed by atoms with Crippen molar-refractivity contribution >= 4 is 31.2 Å². The molecule has 1 saturated heterocycles. The molecule has 0 bridgehead atoms. The highest BCUT2D eigenvalue weighted by atomic mass is 31.2. The van der Waals surface area contributed by atoms with E-state index in [1.165, 1.54) is 6.33 Å². The molecule has 15 heteroatoms. The van der Waals surface area contributed by atoms with E-state index in [-0.39, 0.29) is 43.1 Å². The standard InChI is InChI=1S/C54H66N7O7P/c1-36(2)60(37(3)4)69(67-30-14-28-55)61(38(5)6)39(7)31-40-15-13-16-41(32-40)53(63)58-51-47-27-29-59(52(47)57-35-56-51)50-33-48(62)49(68-50)34-66-54(42-17-11-10-12-18-42,43-19-23-45(64-8)24-20-43)44-21-25-46(65-9)26-22-44/h10-13,15-27,29,32,35-39,48-50,62H,14,30-31,33-34H2,1-9H3,(H,56,57,58,63)/t39?,48-,49+,50+,69?/m0/s1. The van der Waals surface area contributed by atoms with Gasteiger partial charge < -0.3 is 38.5 Å². The SMILES string of the molecule is COc1ccc(C(OC[C@H]2O[C@@H](n3ccc4c(NC(=O)c5cccc(CC(C)N(C(C)C)P(OCCC#N)N(C(C)C)C(C)C)c5)ncnc43)C[C@@H]2O)(c2ccccc2)c2ccc(OC)cc2)cc1. The van der Waals surface area contributed by atoms with Crippen LogP contribution in [0.4, 0.5) is 5.82 Å². The number of aliphatic hydroxyl groups excluding tert-OH is 1. The van der Waals surface area contributed by atoms with Crippen LogP contribution in [-0.2, 0) is 26.0 Å². The minimum Gasteiger partial charge on any atom is -0.497 e. The van der Waals surface area contributed by atoms with Gasteiger partial charge in [-0.25, -0.2) is 19.3 Å². The lowest BCUT2D eigenvalue weighted by Gasteiger charge is -2.46. The van der Waals surface area contributed by atoms with Gasteiger partial charge in [-0.05, 0) is 120 Å². The molecule has 0 spiro atoms. The lowest BCUT2D eigenvalue weighted by molar-refractivity contribution is -0.0930. The van der Waals surface area contributed by atoms with Crippen molar-refractivity contribution in [3.05, 3.63) is 150 Å². The van der Waals surface area contributed by atoms with E-state index in [0.29, 0.717) is 53.4 Å². The summed E-state index contributed by atoms with van der Waals surface area (Å²) in [6.45, 7) is 15.7. The fourth-order valence-corrected chi connectivity index (χ4v) is 11.7. The molecule has 2 unspecified atom stereocenters. The van der Waals surface area contributed by atoms with Crippen molar-refractivity contribution in [1.29, 1.82) is 5.26 Å². The molecule has 1 aliphatic heterocycles. The number of anilines is 1. The number of nitrogens with one attached hydrogen (secondary N) is 1. The Balaban J connectivity index is 1.08. The zero-order valence-corrected chi connectivity index (χ0v) is 42.0. The highest BCUT2D eigenvalue weighted by Gasteiger charge is 2.42. The summed E-state index contributed by atoms with van der Waals surface area (Å²) in [5.41, 5.74) is 3.61. The van der Waals surface area contributed by atoms with Gasteiger partial charge in [0.1, 0.15) is 47.2 Å². The van der Waals surface area contributed by atoms with Crippen LogP contribution in [0.3, 0.4) is 0 Å². The summed E-state index contributed by atoms with van der Waals surface area (Å²) >= 11 is 0. The number of amides is 1. The molecule has 0 aliphatic carbocycles. The lowest BCUT2D eigenvalue weighted by atomic mass is 9.80. The molecule has 4 aromatic carbocycles. The Hall–Kier alpha value is -5.75. The first-order chi connectivity index (χ1) is 33.3. The van der Waals surface area contributed by atoms with Crippen molar-refractivity contribution in [2.24, 2.45) is 0 Å². The van der Waals surface area contributed by atoms with Crippen LogP contribution >= 0.6 is 8.45 Å². The van der Waals surface area contributed by atoms with Crippen LogP contribution in [0.5, 0.6) is 11.5 Å². The molecule has 1 fully saturated rings. The van der Waals surface area contributed by atoms with Gasteiger partial charge in [-0.3, -0.25) is 4.79 Å². The zero-order valence-electron chi connectivity index (χ0n) is 41.2. The highest BCUT2D eigenvalue weighted by Crippen LogP contribution is 2.51. The summed E-state index contributed by atoms with van der Waals surface area (Å²) in [5.74, 6) is 1.49. The van der Waals surface area contributed by atoms with Crippen LogP contribution in [0, 0.1) is 11.3 Å². The van der Waals surface area contributed by atoms with Gasteiger partial charge in [0.2, 0.25) is 0 Å². The second-order valence-corrected chi connectivity index (χ2v) is 19.9. The summed E-state index contributed by atoms with van der Waals surface area (Å²) < 4.78 is 37.9. The number of fused-ring (bicyclic) bond motifs is 1. The molecule has 1 amide bonds. The average Bonchev–Trinajstić information content (AvgIpc) is 3.95. The molecule has 2 aromatic heterocycles. The normalized spacial score (nSPS) is 17.2. The van der Waals surface area contributed by atoms with Crippen LogP contribution in [0.15, 0.2) is 122 Å². The van der Waals surface area contributed by atoms with Crippen molar-refractivity contribution in [3.8, 4) is 17.6 Å². The third kappa shape index (κ3) is 11.5. The first-order valence-electron chi connectivity index (χ1n) is 23.7. The molecule has 7 rings (SSSR count). The van der Waals surface area contributed by atoms with Crippen LogP contribution in [-0.4, -0.2) is 98.7 Å².